The van der Waals surface area contributed by atoms with E-state index in [1.165, 1.54) is 25.9 Å². The largest absolute Gasteiger partial charge is 0.301 e. The second-order valence-corrected chi connectivity index (χ2v) is 6.01. The monoisotopic (exact) mass is 183 g/mol. The van der Waals surface area contributed by atoms with Gasteiger partial charge in [0.25, 0.3) is 0 Å². The fourth-order valence-corrected chi connectivity index (χ4v) is 2.36. The summed E-state index contributed by atoms with van der Waals surface area (Å²) in [6, 6.07) is 0.741. The van der Waals surface area contributed by atoms with Crippen LogP contribution in [0.2, 0.25) is 0 Å². The highest BCUT2D eigenvalue weighted by Gasteiger charge is 2.27. The predicted molar refractivity (Wildman–Crippen MR) is 58.9 cm³/mol. The van der Waals surface area contributed by atoms with Crippen LogP contribution in [0.3, 0.4) is 0 Å². The van der Waals surface area contributed by atoms with Crippen LogP contribution in [0, 0.1) is 11.3 Å². The summed E-state index contributed by atoms with van der Waals surface area (Å²) in [5.74, 6) is 0.947. The Morgan fingerprint density at radius 1 is 1.31 bits per heavy atom. The first kappa shape index (κ1) is 11.0. The van der Waals surface area contributed by atoms with E-state index in [4.69, 9.17) is 0 Å². The summed E-state index contributed by atoms with van der Waals surface area (Å²) < 4.78 is 0. The van der Waals surface area contributed by atoms with Gasteiger partial charge in [0.15, 0.2) is 0 Å². The van der Waals surface area contributed by atoms with Crippen LogP contribution in [0.1, 0.15) is 47.5 Å². The van der Waals surface area contributed by atoms with Crippen molar-refractivity contribution in [1.82, 2.24) is 4.90 Å². The van der Waals surface area contributed by atoms with E-state index in [1.54, 1.807) is 0 Å². The normalized spacial score (nSPS) is 25.8. The molecule has 0 unspecified atom stereocenters. The fourth-order valence-electron chi connectivity index (χ4n) is 2.36. The Bertz CT molecular complexity index is 155. The molecule has 0 aromatic heterocycles. The maximum absolute atomic E-state index is 2.61. The highest BCUT2D eigenvalue weighted by Crippen LogP contribution is 2.30. The Balaban J connectivity index is 2.33. The van der Waals surface area contributed by atoms with Gasteiger partial charge in [-0.15, -0.1) is 0 Å². The summed E-state index contributed by atoms with van der Waals surface area (Å²) in [5, 5.41) is 0. The molecule has 0 bridgehead atoms. The van der Waals surface area contributed by atoms with Gasteiger partial charge in [0.2, 0.25) is 0 Å². The summed E-state index contributed by atoms with van der Waals surface area (Å²) in [4.78, 5) is 2.61. The van der Waals surface area contributed by atoms with E-state index in [0.29, 0.717) is 5.41 Å². The smallest absolute Gasteiger partial charge is 0.00387 e. The van der Waals surface area contributed by atoms with Gasteiger partial charge in [0.05, 0.1) is 0 Å². The van der Waals surface area contributed by atoms with Crippen LogP contribution >= 0.6 is 0 Å². The van der Waals surface area contributed by atoms with Crippen LogP contribution in [-0.2, 0) is 0 Å². The van der Waals surface area contributed by atoms with Crippen molar-refractivity contribution >= 4 is 0 Å². The summed E-state index contributed by atoms with van der Waals surface area (Å²) in [7, 11) is 0. The zero-order chi connectivity index (χ0) is 10.1. The number of likely N-dealkylation sites (tertiary alicyclic amines) is 1. The van der Waals surface area contributed by atoms with Gasteiger partial charge in [0, 0.05) is 12.6 Å². The van der Waals surface area contributed by atoms with Gasteiger partial charge < -0.3 is 4.90 Å². The van der Waals surface area contributed by atoms with Gasteiger partial charge in [-0.3, -0.25) is 0 Å². The SMILES string of the molecule is CC(C)N1CC[C@H](CC(C)(C)C)C1. The molecule has 0 amide bonds. The Morgan fingerprint density at radius 2 is 1.92 bits per heavy atom. The van der Waals surface area contributed by atoms with E-state index in [-0.39, 0.29) is 0 Å². The van der Waals surface area contributed by atoms with E-state index in [9.17, 15) is 0 Å². The maximum atomic E-state index is 2.61. The van der Waals surface area contributed by atoms with Crippen LogP contribution in [0.5, 0.6) is 0 Å². The third-order valence-corrected chi connectivity index (χ3v) is 2.95. The van der Waals surface area contributed by atoms with E-state index in [1.807, 2.05) is 0 Å². The van der Waals surface area contributed by atoms with Crippen molar-refractivity contribution < 1.29 is 0 Å². The van der Waals surface area contributed by atoms with Gasteiger partial charge in [-0.05, 0) is 44.6 Å². The van der Waals surface area contributed by atoms with Crippen LogP contribution < -0.4 is 0 Å². The van der Waals surface area contributed by atoms with Crippen molar-refractivity contribution in [3.05, 3.63) is 0 Å². The van der Waals surface area contributed by atoms with Crippen LogP contribution in [0.15, 0.2) is 0 Å². The zero-order valence-corrected chi connectivity index (χ0v) is 9.93. The van der Waals surface area contributed by atoms with Gasteiger partial charge >= 0.3 is 0 Å². The molecule has 1 nitrogen and oxygen atoms in total. The number of nitrogens with zero attached hydrogens (tertiary/aromatic N) is 1. The Hall–Kier alpha value is -0.0400. The molecule has 1 heteroatoms. The molecule has 1 rings (SSSR count). The molecular formula is C12H25N. The summed E-state index contributed by atoms with van der Waals surface area (Å²) in [6.07, 6.45) is 2.80. The van der Waals surface area contributed by atoms with Gasteiger partial charge in [0.1, 0.15) is 0 Å². The van der Waals surface area contributed by atoms with Crippen LogP contribution in [-0.4, -0.2) is 24.0 Å². The van der Waals surface area contributed by atoms with Gasteiger partial charge in [-0.25, -0.2) is 0 Å². The molecular weight excluding hydrogens is 158 g/mol. The van der Waals surface area contributed by atoms with Crippen LogP contribution in [0.25, 0.3) is 0 Å². The van der Waals surface area contributed by atoms with Crippen molar-refractivity contribution in [3.8, 4) is 0 Å². The summed E-state index contributed by atoms with van der Waals surface area (Å²) in [6.45, 7) is 14.3. The third kappa shape index (κ3) is 3.68. The lowest BCUT2D eigenvalue weighted by Gasteiger charge is -2.24. The Morgan fingerprint density at radius 3 is 2.31 bits per heavy atom. The van der Waals surface area contributed by atoms with E-state index in [0.717, 1.165) is 12.0 Å². The van der Waals surface area contributed by atoms with E-state index in [2.05, 4.69) is 39.5 Å². The molecule has 1 heterocycles. The minimum absolute atomic E-state index is 0.512. The average Bonchev–Trinajstić information content (AvgIpc) is 2.31. The standard InChI is InChI=1S/C12H25N/c1-10(2)13-7-6-11(9-13)8-12(3,4)5/h10-11H,6-9H2,1-5H3/t11-/m1/s1. The van der Waals surface area contributed by atoms with E-state index >= 15 is 0 Å². The highest BCUT2D eigenvalue weighted by molar-refractivity contribution is 4.80. The molecule has 78 valence electrons. The minimum Gasteiger partial charge on any atom is -0.301 e. The molecule has 1 aliphatic heterocycles. The molecule has 0 N–H and O–H groups in total. The molecule has 13 heavy (non-hydrogen) atoms. The first-order chi connectivity index (χ1) is 5.88. The van der Waals surface area contributed by atoms with Crippen molar-refractivity contribution in [1.29, 1.82) is 0 Å². The van der Waals surface area contributed by atoms with Gasteiger partial charge in [-0.2, -0.15) is 0 Å². The maximum Gasteiger partial charge on any atom is 0.00387 e. The molecule has 0 radical (unpaired) electrons. The van der Waals surface area contributed by atoms with Crippen molar-refractivity contribution in [2.24, 2.45) is 11.3 Å². The Kier molecular flexibility index (Phi) is 3.39. The predicted octanol–water partition coefficient (Wildman–Crippen LogP) is 3.15. The first-order valence-corrected chi connectivity index (χ1v) is 5.62. The molecule has 0 aliphatic carbocycles. The topological polar surface area (TPSA) is 3.24 Å². The molecule has 0 aromatic rings. The van der Waals surface area contributed by atoms with Gasteiger partial charge in [-0.1, -0.05) is 20.8 Å². The average molecular weight is 183 g/mol. The third-order valence-electron chi connectivity index (χ3n) is 2.95. The first-order valence-electron chi connectivity index (χ1n) is 5.62. The number of hydrogen-bond acceptors (Lipinski definition) is 1. The number of hydrogen-bond donors (Lipinski definition) is 0. The summed E-state index contributed by atoms with van der Waals surface area (Å²) in [5.41, 5.74) is 0.512. The second-order valence-electron chi connectivity index (χ2n) is 6.01. The van der Waals surface area contributed by atoms with Crippen molar-refractivity contribution in [3.63, 3.8) is 0 Å². The summed E-state index contributed by atoms with van der Waals surface area (Å²) >= 11 is 0. The molecule has 0 saturated carbocycles. The van der Waals surface area contributed by atoms with E-state index < -0.39 is 0 Å². The molecule has 1 saturated heterocycles. The fraction of sp³-hybridized carbons (Fsp3) is 1.00. The molecule has 1 atom stereocenters. The molecule has 0 spiro atoms. The number of rotatable bonds is 2. The van der Waals surface area contributed by atoms with Crippen molar-refractivity contribution in [2.45, 2.75) is 53.5 Å². The van der Waals surface area contributed by atoms with Crippen LogP contribution in [0.4, 0.5) is 0 Å². The quantitative estimate of drug-likeness (QED) is 0.635. The molecule has 1 fully saturated rings. The lowest BCUT2D eigenvalue weighted by atomic mass is 9.84. The van der Waals surface area contributed by atoms with Crippen molar-refractivity contribution in [2.75, 3.05) is 13.1 Å². The minimum atomic E-state index is 0.512. The lowest BCUT2D eigenvalue weighted by molar-refractivity contribution is 0.241. The molecule has 1 aliphatic rings. The zero-order valence-electron chi connectivity index (χ0n) is 9.93. The lowest BCUT2D eigenvalue weighted by Crippen LogP contribution is -2.28. The Labute approximate surface area is 83.5 Å². The highest BCUT2D eigenvalue weighted by atomic mass is 15.2. The second kappa shape index (κ2) is 4.00. The molecule has 0 aromatic carbocycles.